The molecule has 0 amide bonds. The number of benzene rings is 2. The van der Waals surface area contributed by atoms with Gasteiger partial charge in [-0.3, -0.25) is 4.79 Å². The molecule has 0 aliphatic carbocycles. The van der Waals surface area contributed by atoms with Crippen LogP contribution in [0.5, 0.6) is 11.5 Å². The van der Waals surface area contributed by atoms with Crippen LogP contribution in [0, 0.1) is 0 Å². The van der Waals surface area contributed by atoms with Crippen LogP contribution in [0.4, 0.5) is 0 Å². The molecule has 2 aromatic carbocycles. The van der Waals surface area contributed by atoms with Crippen LogP contribution >= 0.6 is 11.6 Å². The second-order valence-corrected chi connectivity index (χ2v) is 6.03. The monoisotopic (exact) mass is 367 g/mol. The van der Waals surface area contributed by atoms with Crippen molar-refractivity contribution in [3.05, 3.63) is 64.8 Å². The van der Waals surface area contributed by atoms with E-state index in [1.54, 1.807) is 20.1 Å². The molecule has 0 radical (unpaired) electrons. The molecule has 0 spiro atoms. The molecule has 1 aromatic heterocycles. The van der Waals surface area contributed by atoms with Gasteiger partial charge in [0.15, 0.2) is 5.75 Å². The average Bonchev–Trinajstić information content (AvgIpc) is 2.66. The molecule has 0 N–H and O–H groups in total. The molecule has 0 atom stereocenters. The second kappa shape index (κ2) is 8.02. The van der Waals surface area contributed by atoms with Gasteiger partial charge in [-0.05, 0) is 35.9 Å². The van der Waals surface area contributed by atoms with Crippen LogP contribution in [-0.4, -0.2) is 18.1 Å². The first-order valence-electron chi connectivity index (χ1n) is 8.23. The number of para-hydroxylation sites is 1. The van der Waals surface area contributed by atoms with E-state index in [1.807, 2.05) is 54.6 Å². The van der Waals surface area contributed by atoms with Crippen molar-refractivity contribution < 1.29 is 14.3 Å². The topological polar surface area (TPSA) is 48.4 Å². The Bertz CT molecular complexity index is 982. The Morgan fingerprint density at radius 1 is 1.12 bits per heavy atom. The van der Waals surface area contributed by atoms with E-state index in [0.29, 0.717) is 28.5 Å². The van der Waals surface area contributed by atoms with E-state index in [9.17, 15) is 4.79 Å². The molecule has 3 aromatic rings. The highest BCUT2D eigenvalue weighted by Crippen LogP contribution is 2.27. The quantitative estimate of drug-likeness (QED) is 0.448. The SMILES string of the molecule is CCC(=O)Oc1cccc2ccc(/C=C/c3ccc(OC)c(Cl)c3)nc12. The normalized spacial score (nSPS) is 11.0. The molecule has 0 bridgehead atoms. The number of aromatic nitrogens is 1. The van der Waals surface area contributed by atoms with Crippen LogP contribution in [0.15, 0.2) is 48.5 Å². The van der Waals surface area contributed by atoms with Crippen LogP contribution in [0.25, 0.3) is 23.1 Å². The third kappa shape index (κ3) is 4.03. The Labute approximate surface area is 157 Å². The molecule has 5 heteroatoms. The average molecular weight is 368 g/mol. The van der Waals surface area contributed by atoms with Crippen molar-refractivity contribution in [1.82, 2.24) is 4.98 Å². The third-order valence-electron chi connectivity index (χ3n) is 3.84. The van der Waals surface area contributed by atoms with Gasteiger partial charge in [0, 0.05) is 11.8 Å². The number of esters is 1. The summed E-state index contributed by atoms with van der Waals surface area (Å²) in [6.07, 6.45) is 4.12. The lowest BCUT2D eigenvalue weighted by Crippen LogP contribution is -2.06. The fourth-order valence-electron chi connectivity index (χ4n) is 2.47. The van der Waals surface area contributed by atoms with E-state index >= 15 is 0 Å². The molecular weight excluding hydrogens is 350 g/mol. The van der Waals surface area contributed by atoms with Crippen LogP contribution in [0.2, 0.25) is 5.02 Å². The van der Waals surface area contributed by atoms with Gasteiger partial charge in [-0.1, -0.05) is 48.9 Å². The number of carbonyl (C=O) groups is 1. The highest BCUT2D eigenvalue weighted by molar-refractivity contribution is 6.32. The molecule has 3 rings (SSSR count). The molecule has 0 aliphatic rings. The van der Waals surface area contributed by atoms with E-state index in [2.05, 4.69) is 4.98 Å². The van der Waals surface area contributed by atoms with Crippen molar-refractivity contribution in [1.29, 1.82) is 0 Å². The molecule has 0 aliphatic heterocycles. The summed E-state index contributed by atoms with van der Waals surface area (Å²) >= 11 is 6.15. The largest absolute Gasteiger partial charge is 0.495 e. The third-order valence-corrected chi connectivity index (χ3v) is 4.13. The minimum Gasteiger partial charge on any atom is -0.495 e. The van der Waals surface area contributed by atoms with Crippen LogP contribution < -0.4 is 9.47 Å². The number of halogens is 1. The smallest absolute Gasteiger partial charge is 0.310 e. The molecule has 0 fully saturated rings. The summed E-state index contributed by atoms with van der Waals surface area (Å²) in [5.74, 6) is 0.820. The molecule has 132 valence electrons. The number of carbonyl (C=O) groups excluding carboxylic acids is 1. The zero-order chi connectivity index (χ0) is 18.5. The lowest BCUT2D eigenvalue weighted by atomic mass is 10.1. The van der Waals surface area contributed by atoms with Crippen molar-refractivity contribution in [3.8, 4) is 11.5 Å². The Morgan fingerprint density at radius 3 is 2.69 bits per heavy atom. The summed E-state index contributed by atoms with van der Waals surface area (Å²) in [5, 5.41) is 1.46. The van der Waals surface area contributed by atoms with Crippen LogP contribution in [0.3, 0.4) is 0 Å². The van der Waals surface area contributed by atoms with E-state index in [4.69, 9.17) is 21.1 Å². The Hall–Kier alpha value is -2.85. The number of nitrogens with zero attached hydrogens (tertiary/aromatic N) is 1. The maximum absolute atomic E-state index is 11.6. The summed E-state index contributed by atoms with van der Waals surface area (Å²) in [7, 11) is 1.58. The van der Waals surface area contributed by atoms with Crippen LogP contribution in [0.1, 0.15) is 24.6 Å². The van der Waals surface area contributed by atoms with E-state index in [0.717, 1.165) is 16.6 Å². The zero-order valence-electron chi connectivity index (χ0n) is 14.5. The minimum absolute atomic E-state index is 0.284. The highest BCUT2D eigenvalue weighted by atomic mass is 35.5. The maximum atomic E-state index is 11.6. The highest BCUT2D eigenvalue weighted by Gasteiger charge is 2.08. The fourth-order valence-corrected chi connectivity index (χ4v) is 2.74. The van der Waals surface area contributed by atoms with E-state index in [-0.39, 0.29) is 5.97 Å². The second-order valence-electron chi connectivity index (χ2n) is 5.62. The van der Waals surface area contributed by atoms with Gasteiger partial charge in [0.25, 0.3) is 0 Å². The molecule has 26 heavy (non-hydrogen) atoms. The van der Waals surface area contributed by atoms with Crippen molar-refractivity contribution in [2.24, 2.45) is 0 Å². The number of hydrogen-bond donors (Lipinski definition) is 0. The van der Waals surface area contributed by atoms with E-state index < -0.39 is 0 Å². The number of rotatable bonds is 5. The standard InChI is InChI=1S/C21H18ClNO3/c1-3-20(24)26-19-6-4-5-15-9-11-16(23-21(15)19)10-7-14-8-12-18(25-2)17(22)13-14/h4-13H,3H2,1-2H3/b10-7+. The van der Waals surface area contributed by atoms with Gasteiger partial charge in [0.1, 0.15) is 11.3 Å². The summed E-state index contributed by atoms with van der Waals surface area (Å²) in [4.78, 5) is 16.2. The first-order valence-corrected chi connectivity index (χ1v) is 8.60. The van der Waals surface area contributed by atoms with E-state index in [1.165, 1.54) is 0 Å². The van der Waals surface area contributed by atoms with Crippen LogP contribution in [-0.2, 0) is 4.79 Å². The predicted octanol–water partition coefficient (Wildman–Crippen LogP) is 5.38. The molecule has 1 heterocycles. The van der Waals surface area contributed by atoms with Crippen molar-refractivity contribution in [3.63, 3.8) is 0 Å². The summed E-state index contributed by atoms with van der Waals surface area (Å²) < 4.78 is 10.5. The van der Waals surface area contributed by atoms with Gasteiger partial charge in [-0.2, -0.15) is 0 Å². The lowest BCUT2D eigenvalue weighted by molar-refractivity contribution is -0.133. The first kappa shape index (κ1) is 18.0. The Morgan fingerprint density at radius 2 is 1.96 bits per heavy atom. The van der Waals surface area contributed by atoms with Gasteiger partial charge in [0.2, 0.25) is 0 Å². The lowest BCUT2D eigenvalue weighted by Gasteiger charge is -2.07. The minimum atomic E-state index is -0.284. The Balaban J connectivity index is 1.92. The summed E-state index contributed by atoms with van der Waals surface area (Å²) in [6, 6.07) is 14.9. The molecular formula is C21H18ClNO3. The molecule has 0 unspecified atom stereocenters. The zero-order valence-corrected chi connectivity index (χ0v) is 15.3. The number of ether oxygens (including phenoxy) is 2. The maximum Gasteiger partial charge on any atom is 0.310 e. The van der Waals surface area contributed by atoms with Crippen molar-refractivity contribution in [2.75, 3.05) is 7.11 Å². The molecule has 4 nitrogen and oxygen atoms in total. The van der Waals surface area contributed by atoms with Gasteiger partial charge in [-0.25, -0.2) is 4.98 Å². The van der Waals surface area contributed by atoms with Gasteiger partial charge in [0.05, 0.1) is 17.8 Å². The van der Waals surface area contributed by atoms with Crippen molar-refractivity contribution in [2.45, 2.75) is 13.3 Å². The molecule has 0 saturated heterocycles. The summed E-state index contributed by atoms with van der Waals surface area (Å²) in [6.45, 7) is 1.76. The van der Waals surface area contributed by atoms with Gasteiger partial charge < -0.3 is 9.47 Å². The predicted molar refractivity (Wildman–Crippen MR) is 105 cm³/mol. The van der Waals surface area contributed by atoms with Gasteiger partial charge >= 0.3 is 5.97 Å². The number of pyridine rings is 1. The van der Waals surface area contributed by atoms with Crippen molar-refractivity contribution >= 4 is 40.6 Å². The summed E-state index contributed by atoms with van der Waals surface area (Å²) in [5.41, 5.74) is 2.34. The molecule has 0 saturated carbocycles. The Kier molecular flexibility index (Phi) is 5.54. The van der Waals surface area contributed by atoms with Gasteiger partial charge in [-0.15, -0.1) is 0 Å². The first-order chi connectivity index (χ1) is 12.6. The number of fused-ring (bicyclic) bond motifs is 1. The number of methoxy groups -OCH3 is 1. The fraction of sp³-hybridized carbons (Fsp3) is 0.143. The number of hydrogen-bond acceptors (Lipinski definition) is 4.